The number of rotatable bonds is 20. The summed E-state index contributed by atoms with van der Waals surface area (Å²) < 4.78 is 11.4. The summed E-state index contributed by atoms with van der Waals surface area (Å²) >= 11 is 0. The molecule has 2 unspecified atom stereocenters. The van der Waals surface area contributed by atoms with E-state index in [0.29, 0.717) is 6.61 Å². The molecule has 1 rings (SSSR count). The van der Waals surface area contributed by atoms with Crippen LogP contribution < -0.4 is 0 Å². The lowest BCUT2D eigenvalue weighted by Gasteiger charge is -2.18. The third-order valence-electron chi connectivity index (χ3n) is 5.75. The largest absolute Gasteiger partial charge is 0.481 e. The van der Waals surface area contributed by atoms with Crippen LogP contribution in [0.3, 0.4) is 0 Å². The highest BCUT2D eigenvalue weighted by Gasteiger charge is 2.10. The van der Waals surface area contributed by atoms with Crippen LogP contribution in [0.4, 0.5) is 0 Å². The van der Waals surface area contributed by atoms with Crippen molar-refractivity contribution >= 4 is 11.9 Å². The third-order valence-corrected chi connectivity index (χ3v) is 5.75. The highest BCUT2D eigenvalue weighted by molar-refractivity contribution is 5.66. The number of esters is 1. The van der Waals surface area contributed by atoms with Gasteiger partial charge in [-0.2, -0.15) is 0 Å². The Balaban J connectivity index is 2.18. The van der Waals surface area contributed by atoms with Gasteiger partial charge in [-0.25, -0.2) is 0 Å². The van der Waals surface area contributed by atoms with E-state index in [1.54, 1.807) is 0 Å². The Morgan fingerprint density at radius 1 is 0.812 bits per heavy atom. The maximum atomic E-state index is 10.9. The van der Waals surface area contributed by atoms with Crippen molar-refractivity contribution in [1.29, 1.82) is 0 Å². The molecule has 32 heavy (non-hydrogen) atoms. The van der Waals surface area contributed by atoms with Crippen LogP contribution in [0.2, 0.25) is 0 Å². The predicted molar refractivity (Wildman–Crippen MR) is 129 cm³/mol. The lowest BCUT2D eigenvalue weighted by Crippen LogP contribution is -2.13. The fourth-order valence-corrected chi connectivity index (χ4v) is 3.95. The van der Waals surface area contributed by atoms with E-state index >= 15 is 0 Å². The van der Waals surface area contributed by atoms with Gasteiger partial charge < -0.3 is 14.6 Å². The van der Waals surface area contributed by atoms with E-state index in [1.165, 1.54) is 44.6 Å². The maximum Gasteiger partial charge on any atom is 0.303 e. The van der Waals surface area contributed by atoms with Crippen LogP contribution in [0.25, 0.3) is 0 Å². The lowest BCUT2D eigenvalue weighted by molar-refractivity contribution is -0.145. The van der Waals surface area contributed by atoms with Crippen molar-refractivity contribution in [2.24, 2.45) is 0 Å². The van der Waals surface area contributed by atoms with E-state index in [9.17, 15) is 9.59 Å². The minimum absolute atomic E-state index is 0.0270. The molecule has 1 aromatic carbocycles. The van der Waals surface area contributed by atoms with E-state index in [4.69, 9.17) is 14.6 Å². The molecule has 0 aliphatic heterocycles. The van der Waals surface area contributed by atoms with E-state index in [-0.39, 0.29) is 24.6 Å². The highest BCUT2D eigenvalue weighted by atomic mass is 16.5. The van der Waals surface area contributed by atoms with Crippen LogP contribution in [0.1, 0.15) is 109 Å². The van der Waals surface area contributed by atoms with E-state index in [0.717, 1.165) is 51.4 Å². The van der Waals surface area contributed by atoms with Gasteiger partial charge in [-0.1, -0.05) is 81.7 Å². The molecule has 5 nitrogen and oxygen atoms in total. The average Bonchev–Trinajstić information content (AvgIpc) is 2.75. The van der Waals surface area contributed by atoms with Crippen molar-refractivity contribution in [3.05, 3.63) is 35.9 Å². The molecule has 0 radical (unpaired) electrons. The monoisotopic (exact) mass is 448 g/mol. The number of carboxylic acids is 1. The van der Waals surface area contributed by atoms with Gasteiger partial charge in [0.25, 0.3) is 0 Å². The topological polar surface area (TPSA) is 72.8 Å². The second-order valence-corrected chi connectivity index (χ2v) is 8.88. The van der Waals surface area contributed by atoms with Gasteiger partial charge in [0.15, 0.2) is 0 Å². The Morgan fingerprint density at radius 2 is 1.34 bits per heavy atom. The first-order valence-electron chi connectivity index (χ1n) is 12.5. The van der Waals surface area contributed by atoms with Crippen molar-refractivity contribution < 1.29 is 24.2 Å². The Labute approximate surface area is 194 Å². The Hall–Kier alpha value is -1.88. The number of benzene rings is 1. The summed E-state index contributed by atoms with van der Waals surface area (Å²) in [5, 5.41) is 8.74. The first-order chi connectivity index (χ1) is 15.5. The number of hydrogen-bond acceptors (Lipinski definition) is 4. The lowest BCUT2D eigenvalue weighted by atomic mass is 10.0. The third kappa shape index (κ3) is 16.8. The van der Waals surface area contributed by atoms with Gasteiger partial charge >= 0.3 is 11.9 Å². The molecule has 0 spiro atoms. The van der Waals surface area contributed by atoms with Crippen LogP contribution in [-0.2, 0) is 25.7 Å². The molecule has 0 aromatic heterocycles. The standard InChI is InChI=1S/C27H44O5/c1-23(32-24(2)28)16-10-5-3-4-6-13-19-26(20-14-7-8-15-21-27(29)30)31-22-25-17-11-9-12-18-25/h9,11-12,17-18,23,26H,3-8,10,13-16,19-22H2,1-2H3,(H,29,30). The minimum atomic E-state index is -0.701. The first kappa shape index (κ1) is 28.2. The van der Waals surface area contributed by atoms with Gasteiger partial charge in [0, 0.05) is 13.3 Å². The zero-order chi connectivity index (χ0) is 23.4. The molecule has 0 amide bonds. The van der Waals surface area contributed by atoms with Gasteiger partial charge in [0.05, 0.1) is 18.8 Å². The van der Waals surface area contributed by atoms with Crippen LogP contribution in [-0.4, -0.2) is 29.3 Å². The normalized spacial score (nSPS) is 12.9. The van der Waals surface area contributed by atoms with Gasteiger partial charge in [-0.05, 0) is 44.6 Å². The van der Waals surface area contributed by atoms with Crippen molar-refractivity contribution in [3.8, 4) is 0 Å². The number of aliphatic carboxylic acids is 1. The fourth-order valence-electron chi connectivity index (χ4n) is 3.95. The number of hydrogen-bond donors (Lipinski definition) is 1. The molecule has 1 N–H and O–H groups in total. The Bertz CT molecular complexity index is 601. The fraction of sp³-hybridized carbons (Fsp3) is 0.704. The molecular formula is C27H44O5. The molecule has 1 aromatic rings. The van der Waals surface area contributed by atoms with E-state index in [2.05, 4.69) is 12.1 Å². The molecule has 0 bridgehead atoms. The van der Waals surface area contributed by atoms with Crippen molar-refractivity contribution in [2.45, 2.75) is 123 Å². The molecule has 0 saturated carbocycles. The summed E-state index contributed by atoms with van der Waals surface area (Å²) in [5.74, 6) is -0.894. The summed E-state index contributed by atoms with van der Waals surface area (Å²) in [4.78, 5) is 21.5. The van der Waals surface area contributed by atoms with Crippen LogP contribution in [0.15, 0.2) is 30.3 Å². The quantitative estimate of drug-likeness (QED) is 0.171. The zero-order valence-electron chi connectivity index (χ0n) is 20.2. The average molecular weight is 449 g/mol. The SMILES string of the molecule is CC(=O)OC(C)CCCCCCCCC(CCCCCCC(=O)O)OCc1ccccc1. The summed E-state index contributed by atoms with van der Waals surface area (Å²) in [5.41, 5.74) is 1.21. The van der Waals surface area contributed by atoms with Crippen LogP contribution in [0, 0.1) is 0 Å². The van der Waals surface area contributed by atoms with Gasteiger partial charge in [0.1, 0.15) is 0 Å². The molecule has 2 atom stereocenters. The summed E-state index contributed by atoms with van der Waals surface area (Å²) in [7, 11) is 0. The number of ether oxygens (including phenoxy) is 2. The zero-order valence-corrected chi connectivity index (χ0v) is 20.2. The summed E-state index contributed by atoms with van der Waals surface area (Å²) in [6.07, 6.45) is 14.8. The predicted octanol–water partition coefficient (Wildman–Crippen LogP) is 7.07. The van der Waals surface area contributed by atoms with Gasteiger partial charge in [-0.15, -0.1) is 0 Å². The van der Waals surface area contributed by atoms with Crippen LogP contribution >= 0.6 is 0 Å². The van der Waals surface area contributed by atoms with Crippen molar-refractivity contribution in [2.75, 3.05) is 0 Å². The first-order valence-corrected chi connectivity index (χ1v) is 12.5. The smallest absolute Gasteiger partial charge is 0.303 e. The minimum Gasteiger partial charge on any atom is -0.481 e. The molecule has 5 heteroatoms. The number of carboxylic acid groups (broad SMARTS) is 1. The van der Waals surface area contributed by atoms with E-state index in [1.807, 2.05) is 25.1 Å². The summed E-state index contributed by atoms with van der Waals surface area (Å²) in [6, 6.07) is 10.3. The van der Waals surface area contributed by atoms with Gasteiger partial charge in [-0.3, -0.25) is 9.59 Å². The summed E-state index contributed by atoms with van der Waals surface area (Å²) in [6.45, 7) is 4.08. The highest BCUT2D eigenvalue weighted by Crippen LogP contribution is 2.18. The molecule has 182 valence electrons. The number of carbonyl (C=O) groups excluding carboxylic acids is 1. The number of carbonyl (C=O) groups is 2. The molecule has 0 fully saturated rings. The second kappa shape index (κ2) is 18.7. The van der Waals surface area contributed by atoms with Gasteiger partial charge in [0.2, 0.25) is 0 Å². The van der Waals surface area contributed by atoms with E-state index < -0.39 is 5.97 Å². The number of unbranched alkanes of at least 4 members (excludes halogenated alkanes) is 8. The molecule has 0 aliphatic carbocycles. The molecule has 0 aliphatic rings. The Morgan fingerprint density at radius 3 is 1.91 bits per heavy atom. The maximum absolute atomic E-state index is 10.9. The molecule has 0 saturated heterocycles. The van der Waals surface area contributed by atoms with Crippen molar-refractivity contribution in [1.82, 2.24) is 0 Å². The Kier molecular flexibility index (Phi) is 16.4. The van der Waals surface area contributed by atoms with Crippen molar-refractivity contribution in [3.63, 3.8) is 0 Å². The second-order valence-electron chi connectivity index (χ2n) is 8.88. The van der Waals surface area contributed by atoms with Crippen LogP contribution in [0.5, 0.6) is 0 Å². The molecular weight excluding hydrogens is 404 g/mol. The molecule has 0 heterocycles.